The van der Waals surface area contributed by atoms with Crippen molar-refractivity contribution in [1.82, 2.24) is 9.66 Å². The molecule has 0 saturated carbocycles. The number of halogens is 1. The first-order valence-electron chi connectivity index (χ1n) is 12.0. The molecule has 0 atom stereocenters. The Morgan fingerprint density at radius 3 is 2.55 bits per heavy atom. The van der Waals surface area contributed by atoms with E-state index in [0.29, 0.717) is 38.3 Å². The molecule has 0 bridgehead atoms. The number of aryl methyl sites for hydroxylation is 1. The Labute approximate surface area is 230 Å². The summed E-state index contributed by atoms with van der Waals surface area (Å²) in [6, 6.07) is 14.8. The maximum Gasteiger partial charge on any atom is 0.282 e. The summed E-state index contributed by atoms with van der Waals surface area (Å²) < 4.78 is 18.7. The molecular formula is C30H28BrN3O4. The van der Waals surface area contributed by atoms with E-state index in [1.165, 1.54) is 4.68 Å². The van der Waals surface area contributed by atoms with Crippen LogP contribution in [0.3, 0.4) is 0 Å². The highest BCUT2D eigenvalue weighted by molar-refractivity contribution is 9.10. The van der Waals surface area contributed by atoms with Gasteiger partial charge in [-0.2, -0.15) is 9.78 Å². The van der Waals surface area contributed by atoms with E-state index >= 15 is 0 Å². The molecule has 0 unspecified atom stereocenters. The van der Waals surface area contributed by atoms with Gasteiger partial charge in [-0.25, -0.2) is 4.98 Å². The molecule has 38 heavy (non-hydrogen) atoms. The molecule has 4 rings (SSSR count). The maximum absolute atomic E-state index is 13.7. The topological polar surface area (TPSA) is 74.9 Å². The average molecular weight is 574 g/mol. The van der Waals surface area contributed by atoms with Crippen LogP contribution in [0.25, 0.3) is 22.3 Å². The minimum absolute atomic E-state index is 0.101. The van der Waals surface area contributed by atoms with E-state index in [-0.39, 0.29) is 18.1 Å². The third kappa shape index (κ3) is 5.29. The molecule has 0 radical (unpaired) electrons. The van der Waals surface area contributed by atoms with Crippen molar-refractivity contribution in [3.8, 4) is 41.0 Å². The fourth-order valence-corrected chi connectivity index (χ4v) is 4.74. The van der Waals surface area contributed by atoms with Gasteiger partial charge in [0, 0.05) is 5.56 Å². The molecule has 0 amide bonds. The highest BCUT2D eigenvalue weighted by Crippen LogP contribution is 2.37. The van der Waals surface area contributed by atoms with Gasteiger partial charge in [0.05, 0.1) is 35.8 Å². The zero-order valence-corrected chi connectivity index (χ0v) is 23.5. The van der Waals surface area contributed by atoms with Gasteiger partial charge in [0.1, 0.15) is 12.4 Å². The molecular weight excluding hydrogens is 546 g/mol. The molecule has 8 heteroatoms. The predicted molar refractivity (Wildman–Crippen MR) is 155 cm³/mol. The summed E-state index contributed by atoms with van der Waals surface area (Å²) >= 11 is 3.51. The molecule has 0 aliphatic heterocycles. The summed E-state index contributed by atoms with van der Waals surface area (Å²) in [5, 5.41) is 5.08. The van der Waals surface area contributed by atoms with E-state index < -0.39 is 0 Å². The number of methoxy groups -OCH3 is 2. The van der Waals surface area contributed by atoms with Crippen LogP contribution in [0.2, 0.25) is 0 Å². The van der Waals surface area contributed by atoms with Crippen LogP contribution in [0.1, 0.15) is 36.5 Å². The van der Waals surface area contributed by atoms with Crippen molar-refractivity contribution in [3.05, 3.63) is 80.0 Å². The summed E-state index contributed by atoms with van der Waals surface area (Å²) in [6.45, 7) is 6.26. The Balaban J connectivity index is 1.93. The van der Waals surface area contributed by atoms with Gasteiger partial charge in [-0.05, 0) is 81.9 Å². The largest absolute Gasteiger partial charge is 0.496 e. The van der Waals surface area contributed by atoms with Crippen molar-refractivity contribution in [2.45, 2.75) is 26.7 Å². The third-order valence-corrected chi connectivity index (χ3v) is 6.66. The summed E-state index contributed by atoms with van der Waals surface area (Å²) in [6.07, 6.45) is 6.92. The van der Waals surface area contributed by atoms with Gasteiger partial charge in [-0.15, -0.1) is 6.42 Å². The normalized spacial score (nSPS) is 11.2. The molecule has 0 fully saturated rings. The van der Waals surface area contributed by atoms with Crippen LogP contribution >= 0.6 is 15.9 Å². The lowest BCUT2D eigenvalue weighted by molar-refractivity contribution is 0.329. The van der Waals surface area contributed by atoms with E-state index in [1.54, 1.807) is 32.6 Å². The maximum atomic E-state index is 13.7. The van der Waals surface area contributed by atoms with Crippen LogP contribution in [-0.4, -0.2) is 36.7 Å². The van der Waals surface area contributed by atoms with Crippen LogP contribution in [0, 0.1) is 19.3 Å². The number of benzene rings is 3. The second-order valence-electron chi connectivity index (χ2n) is 8.90. The number of hydrogen-bond donors (Lipinski definition) is 0. The lowest BCUT2D eigenvalue weighted by atomic mass is 9.96. The molecule has 0 saturated heterocycles. The standard InChI is InChI=1S/C30H28BrN3O4/c1-7-12-38-28-24(31)14-20(15-27(28)37-6)17-32-34-29(33-25-11-9-8-10-21(25)30(34)35)23-16-22(18(2)3)26(36-5)13-19(23)4/h1,8-11,13-18H,12H2,2-6H3. The Hall–Kier alpha value is -4.09. The third-order valence-electron chi connectivity index (χ3n) is 6.07. The molecule has 0 N–H and O–H groups in total. The van der Waals surface area contributed by atoms with E-state index in [9.17, 15) is 4.79 Å². The molecule has 4 aromatic rings. The van der Waals surface area contributed by atoms with Crippen molar-refractivity contribution >= 4 is 33.0 Å². The van der Waals surface area contributed by atoms with Gasteiger partial charge in [0.15, 0.2) is 17.3 Å². The predicted octanol–water partition coefficient (Wildman–Crippen LogP) is 6.17. The number of aromatic nitrogens is 2. The Morgan fingerprint density at radius 2 is 1.87 bits per heavy atom. The summed E-state index contributed by atoms with van der Waals surface area (Å²) in [7, 11) is 3.20. The lowest BCUT2D eigenvalue weighted by Gasteiger charge is -2.17. The van der Waals surface area contributed by atoms with Crippen LogP contribution in [0.5, 0.6) is 17.2 Å². The fraction of sp³-hybridized carbons (Fsp3) is 0.233. The molecule has 7 nitrogen and oxygen atoms in total. The second-order valence-corrected chi connectivity index (χ2v) is 9.76. The van der Waals surface area contributed by atoms with Crippen LogP contribution < -0.4 is 19.8 Å². The minimum atomic E-state index is -0.275. The Morgan fingerprint density at radius 1 is 1.13 bits per heavy atom. The fourth-order valence-electron chi connectivity index (χ4n) is 4.16. The number of terminal acetylenes is 1. The quantitative estimate of drug-likeness (QED) is 0.186. The lowest BCUT2D eigenvalue weighted by Crippen LogP contribution is -2.20. The van der Waals surface area contributed by atoms with E-state index in [1.807, 2.05) is 43.3 Å². The number of rotatable bonds is 8. The summed E-state index contributed by atoms with van der Waals surface area (Å²) in [5.74, 6) is 4.85. The van der Waals surface area contributed by atoms with Crippen LogP contribution in [-0.2, 0) is 0 Å². The van der Waals surface area contributed by atoms with Gasteiger partial charge >= 0.3 is 0 Å². The number of para-hydroxylation sites is 1. The van der Waals surface area contributed by atoms with Gasteiger partial charge in [0.2, 0.25) is 0 Å². The van der Waals surface area contributed by atoms with Gasteiger partial charge < -0.3 is 14.2 Å². The van der Waals surface area contributed by atoms with Gasteiger partial charge in [-0.1, -0.05) is 31.9 Å². The monoisotopic (exact) mass is 573 g/mol. The number of nitrogens with zero attached hydrogens (tertiary/aromatic N) is 3. The highest BCUT2D eigenvalue weighted by atomic mass is 79.9. The van der Waals surface area contributed by atoms with Crippen molar-refractivity contribution in [1.29, 1.82) is 0 Å². The number of ether oxygens (including phenoxy) is 3. The molecule has 0 spiro atoms. The molecule has 3 aromatic carbocycles. The highest BCUT2D eigenvalue weighted by Gasteiger charge is 2.18. The van der Waals surface area contributed by atoms with Gasteiger partial charge in [0.25, 0.3) is 5.56 Å². The first kappa shape index (κ1) is 27.0. The second kappa shape index (κ2) is 11.5. The number of fused-ring (bicyclic) bond motifs is 1. The molecule has 1 aromatic heterocycles. The van der Waals surface area contributed by atoms with Crippen molar-refractivity contribution in [3.63, 3.8) is 0 Å². The van der Waals surface area contributed by atoms with Crippen molar-refractivity contribution < 1.29 is 14.2 Å². The van der Waals surface area contributed by atoms with E-state index in [0.717, 1.165) is 22.4 Å². The summed E-state index contributed by atoms with van der Waals surface area (Å²) in [5.41, 5.74) is 3.73. The Bertz CT molecular complexity index is 1630. The zero-order chi connectivity index (χ0) is 27.4. The number of hydrogen-bond acceptors (Lipinski definition) is 6. The Kier molecular flexibility index (Phi) is 8.18. The van der Waals surface area contributed by atoms with Gasteiger partial charge in [-0.3, -0.25) is 4.79 Å². The molecule has 194 valence electrons. The van der Waals surface area contributed by atoms with Crippen LogP contribution in [0.15, 0.2) is 62.9 Å². The summed E-state index contributed by atoms with van der Waals surface area (Å²) in [4.78, 5) is 18.5. The zero-order valence-electron chi connectivity index (χ0n) is 21.9. The van der Waals surface area contributed by atoms with Crippen LogP contribution in [0.4, 0.5) is 0 Å². The first-order chi connectivity index (χ1) is 18.3. The van der Waals surface area contributed by atoms with E-state index in [4.69, 9.17) is 25.6 Å². The van der Waals surface area contributed by atoms with E-state index in [2.05, 4.69) is 40.8 Å². The first-order valence-corrected chi connectivity index (χ1v) is 12.8. The minimum Gasteiger partial charge on any atom is -0.496 e. The molecule has 0 aliphatic rings. The smallest absolute Gasteiger partial charge is 0.282 e. The SMILES string of the molecule is C#CCOc1c(Br)cc(C=Nn2c(-c3cc(C(C)C)c(OC)cc3C)nc3ccccc3c2=O)cc1OC. The average Bonchev–Trinajstić information content (AvgIpc) is 2.91. The van der Waals surface area contributed by atoms with Crippen molar-refractivity contribution in [2.24, 2.45) is 5.10 Å². The molecule has 0 aliphatic carbocycles. The molecule has 1 heterocycles. The van der Waals surface area contributed by atoms with Crippen molar-refractivity contribution in [2.75, 3.05) is 20.8 Å².